The van der Waals surface area contributed by atoms with Crippen molar-refractivity contribution < 1.29 is 9.53 Å². The average molecular weight is 348 g/mol. The van der Waals surface area contributed by atoms with Crippen LogP contribution in [0.25, 0.3) is 11.3 Å². The topological polar surface area (TPSA) is 61.5 Å². The van der Waals surface area contributed by atoms with Gasteiger partial charge in [-0.15, -0.1) is 0 Å². The molecule has 130 valence electrons. The van der Waals surface area contributed by atoms with Crippen molar-refractivity contribution in [3.8, 4) is 11.3 Å². The molecule has 1 amide bonds. The first-order valence-corrected chi connectivity index (χ1v) is 9.21. The van der Waals surface area contributed by atoms with E-state index in [0.717, 1.165) is 37.3 Å². The number of nitrogens with zero attached hydrogens (tertiary/aromatic N) is 3. The summed E-state index contributed by atoms with van der Waals surface area (Å²) in [4.78, 5) is 16.9. The van der Waals surface area contributed by atoms with Gasteiger partial charge in [-0.25, -0.2) is 0 Å². The highest BCUT2D eigenvalue weighted by Crippen LogP contribution is 2.21. The van der Waals surface area contributed by atoms with E-state index in [0.29, 0.717) is 18.8 Å². The van der Waals surface area contributed by atoms with Gasteiger partial charge in [0.1, 0.15) is 5.69 Å². The maximum absolute atomic E-state index is 12.9. The summed E-state index contributed by atoms with van der Waals surface area (Å²) in [6, 6.07) is 3.84. The predicted molar refractivity (Wildman–Crippen MR) is 95.3 cm³/mol. The average Bonchev–Trinajstić information content (AvgIpc) is 3.32. The lowest BCUT2D eigenvalue weighted by Gasteiger charge is -2.26. The molecule has 7 heteroatoms. The first-order valence-electron chi connectivity index (χ1n) is 8.27. The number of nitrogens with one attached hydrogen (secondary N) is 1. The number of carbonyl (C=O) groups excluding carboxylic acids is 1. The summed E-state index contributed by atoms with van der Waals surface area (Å²) in [7, 11) is 4.03. The van der Waals surface area contributed by atoms with Crippen molar-refractivity contribution in [1.29, 1.82) is 0 Å². The van der Waals surface area contributed by atoms with Crippen LogP contribution in [-0.2, 0) is 4.74 Å². The third-order valence-corrected chi connectivity index (χ3v) is 4.86. The molecular formula is C17H24N4O2S. The highest BCUT2D eigenvalue weighted by atomic mass is 32.1. The Kier molecular flexibility index (Phi) is 5.65. The van der Waals surface area contributed by atoms with E-state index in [1.807, 2.05) is 41.9 Å². The lowest BCUT2D eigenvalue weighted by atomic mass is 10.2. The van der Waals surface area contributed by atoms with E-state index in [-0.39, 0.29) is 12.0 Å². The largest absolute Gasteiger partial charge is 0.376 e. The van der Waals surface area contributed by atoms with Gasteiger partial charge < -0.3 is 14.5 Å². The Morgan fingerprint density at radius 2 is 2.33 bits per heavy atom. The Balaban J connectivity index is 1.71. The van der Waals surface area contributed by atoms with Crippen LogP contribution in [0.15, 0.2) is 22.9 Å². The number of aromatic nitrogens is 2. The fourth-order valence-corrected chi connectivity index (χ4v) is 3.44. The molecule has 0 radical (unpaired) electrons. The summed E-state index contributed by atoms with van der Waals surface area (Å²) in [5, 5.41) is 11.2. The molecule has 0 saturated carbocycles. The molecule has 0 bridgehead atoms. The fraction of sp³-hybridized carbons (Fsp3) is 0.529. The van der Waals surface area contributed by atoms with Crippen molar-refractivity contribution in [3.05, 3.63) is 28.6 Å². The van der Waals surface area contributed by atoms with Crippen molar-refractivity contribution >= 4 is 17.2 Å². The normalized spacial score (nSPS) is 17.5. The number of amides is 1. The maximum atomic E-state index is 12.9. The third-order valence-electron chi connectivity index (χ3n) is 4.18. The minimum Gasteiger partial charge on any atom is -0.376 e. The van der Waals surface area contributed by atoms with E-state index in [9.17, 15) is 4.79 Å². The molecule has 0 aromatic carbocycles. The Bertz CT molecular complexity index is 647. The summed E-state index contributed by atoms with van der Waals surface area (Å²) < 4.78 is 5.71. The van der Waals surface area contributed by atoms with Gasteiger partial charge in [0.2, 0.25) is 0 Å². The molecule has 1 aliphatic heterocycles. The van der Waals surface area contributed by atoms with Crippen LogP contribution in [0.2, 0.25) is 0 Å². The summed E-state index contributed by atoms with van der Waals surface area (Å²) in [5.74, 6) is -0.0127. The lowest BCUT2D eigenvalue weighted by molar-refractivity contribution is 0.0508. The first-order chi connectivity index (χ1) is 11.6. The molecular weight excluding hydrogens is 324 g/mol. The van der Waals surface area contributed by atoms with Crippen molar-refractivity contribution in [2.24, 2.45) is 0 Å². The summed E-state index contributed by atoms with van der Waals surface area (Å²) in [5.41, 5.74) is 2.38. The lowest BCUT2D eigenvalue weighted by Crippen LogP contribution is -2.41. The van der Waals surface area contributed by atoms with Crippen molar-refractivity contribution in [2.45, 2.75) is 18.9 Å². The maximum Gasteiger partial charge on any atom is 0.272 e. The molecule has 0 spiro atoms. The van der Waals surface area contributed by atoms with E-state index >= 15 is 0 Å². The van der Waals surface area contributed by atoms with Crippen molar-refractivity contribution in [2.75, 3.05) is 40.3 Å². The van der Waals surface area contributed by atoms with Gasteiger partial charge in [-0.3, -0.25) is 9.89 Å². The molecule has 1 aliphatic rings. The molecule has 2 aromatic rings. The zero-order chi connectivity index (χ0) is 16.9. The quantitative estimate of drug-likeness (QED) is 0.834. The molecule has 3 heterocycles. The zero-order valence-corrected chi connectivity index (χ0v) is 15.0. The Morgan fingerprint density at radius 3 is 3.00 bits per heavy atom. The van der Waals surface area contributed by atoms with Crippen LogP contribution in [0.4, 0.5) is 0 Å². The number of hydrogen-bond donors (Lipinski definition) is 1. The summed E-state index contributed by atoms with van der Waals surface area (Å²) in [6.45, 7) is 2.94. The van der Waals surface area contributed by atoms with Gasteiger partial charge in [0.15, 0.2) is 0 Å². The minimum absolute atomic E-state index is 0.0127. The number of carbonyl (C=O) groups is 1. The number of hydrogen-bond acceptors (Lipinski definition) is 5. The highest BCUT2D eigenvalue weighted by Gasteiger charge is 2.24. The molecule has 6 nitrogen and oxygen atoms in total. The molecule has 1 N–H and O–H groups in total. The minimum atomic E-state index is -0.0127. The number of likely N-dealkylation sites (N-methyl/N-ethyl adjacent to an activating group) is 1. The Morgan fingerprint density at radius 1 is 1.46 bits per heavy atom. The van der Waals surface area contributed by atoms with E-state index in [1.165, 1.54) is 0 Å². The van der Waals surface area contributed by atoms with Crippen molar-refractivity contribution in [3.63, 3.8) is 0 Å². The molecule has 24 heavy (non-hydrogen) atoms. The monoisotopic (exact) mass is 348 g/mol. The van der Waals surface area contributed by atoms with Crippen LogP contribution < -0.4 is 0 Å². The Hall–Kier alpha value is -1.70. The number of aromatic amines is 1. The Labute approximate surface area is 146 Å². The highest BCUT2D eigenvalue weighted by molar-refractivity contribution is 7.08. The van der Waals surface area contributed by atoms with Gasteiger partial charge in [-0.05, 0) is 44.4 Å². The van der Waals surface area contributed by atoms with E-state index in [1.54, 1.807) is 11.3 Å². The number of H-pyrrole nitrogens is 1. The molecule has 1 fully saturated rings. The van der Waals surface area contributed by atoms with Crippen LogP contribution in [0.3, 0.4) is 0 Å². The predicted octanol–water partition coefficient (Wildman–Crippen LogP) is 2.32. The van der Waals surface area contributed by atoms with Gasteiger partial charge in [0.25, 0.3) is 5.91 Å². The second-order valence-corrected chi connectivity index (χ2v) is 7.15. The molecule has 3 rings (SSSR count). The van der Waals surface area contributed by atoms with Crippen LogP contribution in [0, 0.1) is 0 Å². The smallest absolute Gasteiger partial charge is 0.272 e. The second kappa shape index (κ2) is 7.92. The molecule has 2 aromatic heterocycles. The second-order valence-electron chi connectivity index (χ2n) is 6.37. The van der Waals surface area contributed by atoms with Gasteiger partial charge >= 0.3 is 0 Å². The van der Waals surface area contributed by atoms with Gasteiger partial charge in [0.05, 0.1) is 11.8 Å². The molecule has 1 atom stereocenters. The molecule has 1 saturated heterocycles. The summed E-state index contributed by atoms with van der Waals surface area (Å²) in [6.07, 6.45) is 2.25. The van der Waals surface area contributed by atoms with Crippen LogP contribution in [0.1, 0.15) is 23.3 Å². The van der Waals surface area contributed by atoms with E-state index in [4.69, 9.17) is 4.74 Å². The number of thiophene rings is 1. The van der Waals surface area contributed by atoms with Gasteiger partial charge in [0, 0.05) is 37.2 Å². The van der Waals surface area contributed by atoms with Crippen LogP contribution in [-0.4, -0.2) is 72.3 Å². The molecule has 1 unspecified atom stereocenters. The number of ether oxygens (including phenoxy) is 1. The third kappa shape index (κ3) is 4.23. The number of rotatable bonds is 7. The molecule has 0 aliphatic carbocycles. The van der Waals surface area contributed by atoms with E-state index in [2.05, 4.69) is 15.1 Å². The SMILES string of the molecule is CN(C)CCN(CC1CCCO1)C(=O)c1cc(-c2ccsc2)n[nH]1. The van der Waals surface area contributed by atoms with Crippen LogP contribution in [0.5, 0.6) is 0 Å². The van der Waals surface area contributed by atoms with Crippen molar-refractivity contribution in [1.82, 2.24) is 20.0 Å². The van der Waals surface area contributed by atoms with Gasteiger partial charge in [-0.1, -0.05) is 0 Å². The van der Waals surface area contributed by atoms with Gasteiger partial charge in [-0.2, -0.15) is 16.4 Å². The fourth-order valence-electron chi connectivity index (χ4n) is 2.79. The summed E-state index contributed by atoms with van der Waals surface area (Å²) >= 11 is 1.62. The first kappa shape index (κ1) is 17.1. The van der Waals surface area contributed by atoms with E-state index < -0.39 is 0 Å². The van der Waals surface area contributed by atoms with Crippen LogP contribution >= 0.6 is 11.3 Å². The standard InChI is InChI=1S/C17H24N4O2S/c1-20(2)6-7-21(11-14-4-3-8-23-14)17(22)16-10-15(18-19-16)13-5-9-24-12-13/h5,9-10,12,14H,3-4,6-8,11H2,1-2H3,(H,18,19). The zero-order valence-electron chi connectivity index (χ0n) is 14.2.